The summed E-state index contributed by atoms with van der Waals surface area (Å²) in [5.41, 5.74) is 1.58. The molecule has 0 atom stereocenters. The van der Waals surface area contributed by atoms with Crippen LogP contribution in [0.4, 0.5) is 5.69 Å². The third-order valence-corrected chi connectivity index (χ3v) is 5.65. The number of benzene rings is 2. The lowest BCUT2D eigenvalue weighted by Crippen LogP contribution is -2.27. The van der Waals surface area contributed by atoms with Crippen molar-refractivity contribution in [1.82, 2.24) is 0 Å². The first kappa shape index (κ1) is 18.9. The van der Waals surface area contributed by atoms with Crippen LogP contribution >= 0.6 is 39.9 Å². The molecular formula is C19H16BrNO3S2. The Balaban J connectivity index is 1.92. The zero-order valence-electron chi connectivity index (χ0n) is 14.2. The summed E-state index contributed by atoms with van der Waals surface area (Å²) >= 11 is 10.2. The van der Waals surface area contributed by atoms with Gasteiger partial charge in [-0.3, -0.25) is 9.69 Å². The Hall–Kier alpha value is -1.83. The zero-order valence-corrected chi connectivity index (χ0v) is 17.4. The van der Waals surface area contributed by atoms with Crippen LogP contribution in [-0.4, -0.2) is 23.9 Å². The average Bonchev–Trinajstić information content (AvgIpc) is 2.90. The third kappa shape index (κ3) is 3.79. The summed E-state index contributed by atoms with van der Waals surface area (Å²) in [5, 5.41) is 0. The average molecular weight is 450 g/mol. The Bertz CT molecular complexity index is 898. The Morgan fingerprint density at radius 3 is 2.69 bits per heavy atom. The Morgan fingerprint density at radius 1 is 1.23 bits per heavy atom. The summed E-state index contributed by atoms with van der Waals surface area (Å²) in [6.45, 7) is 2.47. The zero-order chi connectivity index (χ0) is 18.7. The summed E-state index contributed by atoms with van der Waals surface area (Å²) in [5.74, 6) is 1.16. The van der Waals surface area contributed by atoms with Crippen LogP contribution < -0.4 is 14.4 Å². The molecule has 2 aromatic rings. The molecule has 1 aliphatic rings. The van der Waals surface area contributed by atoms with E-state index < -0.39 is 0 Å². The molecule has 134 valence electrons. The first-order valence-electron chi connectivity index (χ1n) is 7.88. The van der Waals surface area contributed by atoms with Gasteiger partial charge in [0.2, 0.25) is 0 Å². The first-order valence-corrected chi connectivity index (χ1v) is 9.90. The molecule has 7 heteroatoms. The van der Waals surface area contributed by atoms with Gasteiger partial charge in [0.1, 0.15) is 0 Å². The van der Waals surface area contributed by atoms with Gasteiger partial charge in [-0.1, -0.05) is 42.2 Å². The highest BCUT2D eigenvalue weighted by atomic mass is 79.9. The number of rotatable bonds is 5. The number of ether oxygens (including phenoxy) is 2. The van der Waals surface area contributed by atoms with Crippen LogP contribution in [0.15, 0.2) is 51.8 Å². The van der Waals surface area contributed by atoms with E-state index in [9.17, 15) is 4.79 Å². The second-order valence-corrected chi connectivity index (χ2v) is 7.84. The smallest absolute Gasteiger partial charge is 0.270 e. The number of anilines is 1. The summed E-state index contributed by atoms with van der Waals surface area (Å²) in [6.07, 6.45) is 1.81. The molecule has 3 rings (SSSR count). The van der Waals surface area contributed by atoms with E-state index in [2.05, 4.69) is 15.9 Å². The van der Waals surface area contributed by atoms with Gasteiger partial charge in [-0.25, -0.2) is 0 Å². The SMILES string of the molecule is CCOc1ccc(C=C2SC(=S)N(c3ccccc3Br)C2=O)cc1OC. The summed E-state index contributed by atoms with van der Waals surface area (Å²) in [4.78, 5) is 15.0. The minimum Gasteiger partial charge on any atom is -0.493 e. The molecule has 0 aromatic heterocycles. The number of hydrogen-bond acceptors (Lipinski definition) is 5. The van der Waals surface area contributed by atoms with Crippen LogP contribution in [0.2, 0.25) is 0 Å². The normalized spacial score (nSPS) is 15.7. The van der Waals surface area contributed by atoms with E-state index in [-0.39, 0.29) is 5.91 Å². The van der Waals surface area contributed by atoms with Gasteiger partial charge < -0.3 is 9.47 Å². The van der Waals surface area contributed by atoms with Crippen molar-refractivity contribution in [2.75, 3.05) is 18.6 Å². The molecule has 1 amide bonds. The monoisotopic (exact) mass is 449 g/mol. The Kier molecular flexibility index (Phi) is 6.01. The van der Waals surface area contributed by atoms with Crippen molar-refractivity contribution < 1.29 is 14.3 Å². The van der Waals surface area contributed by atoms with Crippen LogP contribution in [0.5, 0.6) is 11.5 Å². The molecule has 0 aliphatic carbocycles. The lowest BCUT2D eigenvalue weighted by atomic mass is 10.2. The lowest BCUT2D eigenvalue weighted by molar-refractivity contribution is -0.113. The number of methoxy groups -OCH3 is 1. The number of para-hydroxylation sites is 1. The fourth-order valence-electron chi connectivity index (χ4n) is 2.51. The topological polar surface area (TPSA) is 38.8 Å². The second kappa shape index (κ2) is 8.24. The van der Waals surface area contributed by atoms with Crippen molar-refractivity contribution in [3.63, 3.8) is 0 Å². The quantitative estimate of drug-likeness (QED) is 0.459. The van der Waals surface area contributed by atoms with E-state index >= 15 is 0 Å². The van der Waals surface area contributed by atoms with E-state index in [0.29, 0.717) is 27.3 Å². The van der Waals surface area contributed by atoms with E-state index in [4.69, 9.17) is 21.7 Å². The van der Waals surface area contributed by atoms with Crippen LogP contribution in [0.1, 0.15) is 12.5 Å². The number of thioether (sulfide) groups is 1. The number of nitrogens with zero attached hydrogens (tertiary/aromatic N) is 1. The van der Waals surface area contributed by atoms with Gasteiger partial charge in [0.05, 0.1) is 24.3 Å². The highest BCUT2D eigenvalue weighted by Crippen LogP contribution is 2.39. The summed E-state index contributed by atoms with van der Waals surface area (Å²) in [7, 11) is 1.59. The predicted octanol–water partition coefficient (Wildman–Crippen LogP) is 5.26. The Labute approximate surface area is 170 Å². The molecule has 0 spiro atoms. The molecule has 2 aromatic carbocycles. The van der Waals surface area contributed by atoms with Gasteiger partial charge in [-0.2, -0.15) is 0 Å². The van der Waals surface area contributed by atoms with Crippen molar-refractivity contribution in [3.8, 4) is 11.5 Å². The first-order chi connectivity index (χ1) is 12.5. The molecule has 26 heavy (non-hydrogen) atoms. The molecule has 0 radical (unpaired) electrons. The van der Waals surface area contributed by atoms with E-state index in [1.54, 1.807) is 12.0 Å². The number of halogens is 1. The van der Waals surface area contributed by atoms with Crippen molar-refractivity contribution in [1.29, 1.82) is 0 Å². The minimum absolute atomic E-state index is 0.139. The molecule has 0 saturated carbocycles. The minimum atomic E-state index is -0.139. The van der Waals surface area contributed by atoms with Gasteiger partial charge in [0, 0.05) is 4.47 Å². The van der Waals surface area contributed by atoms with Crippen LogP contribution in [0.3, 0.4) is 0 Å². The Morgan fingerprint density at radius 2 is 2.00 bits per heavy atom. The van der Waals surface area contributed by atoms with Gasteiger partial charge in [0.25, 0.3) is 5.91 Å². The maximum Gasteiger partial charge on any atom is 0.270 e. The van der Waals surface area contributed by atoms with Gasteiger partial charge >= 0.3 is 0 Å². The third-order valence-electron chi connectivity index (χ3n) is 3.67. The van der Waals surface area contributed by atoms with Gasteiger partial charge in [-0.05, 0) is 58.8 Å². The molecule has 0 unspecified atom stereocenters. The molecule has 1 heterocycles. The van der Waals surface area contributed by atoms with Crippen molar-refractivity contribution in [2.45, 2.75) is 6.92 Å². The molecule has 1 fully saturated rings. The summed E-state index contributed by atoms with van der Waals surface area (Å²) < 4.78 is 12.2. The van der Waals surface area contributed by atoms with E-state index in [1.807, 2.05) is 55.5 Å². The number of hydrogen-bond donors (Lipinski definition) is 0. The number of carbonyl (C=O) groups excluding carboxylic acids is 1. The van der Waals surface area contributed by atoms with Crippen molar-refractivity contribution >= 4 is 61.9 Å². The number of amides is 1. The standard InChI is InChI=1S/C19H16BrNO3S2/c1-3-24-15-9-8-12(10-16(15)23-2)11-17-18(22)21(19(25)26-17)14-7-5-4-6-13(14)20/h4-11H,3H2,1-2H3. The molecular weight excluding hydrogens is 434 g/mol. The van der Waals surface area contributed by atoms with Crippen LogP contribution in [-0.2, 0) is 4.79 Å². The maximum absolute atomic E-state index is 12.9. The highest BCUT2D eigenvalue weighted by Gasteiger charge is 2.34. The molecule has 1 saturated heterocycles. The van der Waals surface area contributed by atoms with E-state index in [1.165, 1.54) is 11.8 Å². The number of thiocarbonyl (C=S) groups is 1. The highest BCUT2D eigenvalue weighted by molar-refractivity contribution is 9.10. The van der Waals surface area contributed by atoms with E-state index in [0.717, 1.165) is 15.7 Å². The molecule has 0 N–H and O–H groups in total. The van der Waals surface area contributed by atoms with Crippen molar-refractivity contribution in [2.24, 2.45) is 0 Å². The number of carbonyl (C=O) groups is 1. The van der Waals surface area contributed by atoms with Crippen LogP contribution in [0.25, 0.3) is 6.08 Å². The largest absolute Gasteiger partial charge is 0.493 e. The maximum atomic E-state index is 12.9. The van der Waals surface area contributed by atoms with Crippen LogP contribution in [0, 0.1) is 0 Å². The lowest BCUT2D eigenvalue weighted by Gasteiger charge is -2.15. The predicted molar refractivity (Wildman–Crippen MR) is 114 cm³/mol. The molecule has 1 aliphatic heterocycles. The second-order valence-electron chi connectivity index (χ2n) is 5.31. The molecule has 4 nitrogen and oxygen atoms in total. The fourth-order valence-corrected chi connectivity index (χ4v) is 4.26. The van der Waals surface area contributed by atoms with Gasteiger partial charge in [-0.15, -0.1) is 0 Å². The fraction of sp³-hybridized carbons (Fsp3) is 0.158. The van der Waals surface area contributed by atoms with Gasteiger partial charge in [0.15, 0.2) is 15.8 Å². The summed E-state index contributed by atoms with van der Waals surface area (Å²) in [6, 6.07) is 13.1. The van der Waals surface area contributed by atoms with Crippen molar-refractivity contribution in [3.05, 3.63) is 57.4 Å². The molecule has 0 bridgehead atoms.